The molecule has 0 aromatic carbocycles. The fraction of sp³-hybridized carbons (Fsp3) is 0.500. The van der Waals surface area contributed by atoms with E-state index in [1.807, 2.05) is 6.07 Å². The van der Waals surface area contributed by atoms with E-state index in [1.54, 1.807) is 7.11 Å². The van der Waals surface area contributed by atoms with Gasteiger partial charge in [-0.25, -0.2) is 4.98 Å². The van der Waals surface area contributed by atoms with Crippen molar-refractivity contribution in [1.29, 1.82) is 5.26 Å². The van der Waals surface area contributed by atoms with Gasteiger partial charge in [-0.15, -0.1) is 11.3 Å². The van der Waals surface area contributed by atoms with Crippen LogP contribution < -0.4 is 5.56 Å². The minimum atomic E-state index is -0.912. The maximum absolute atomic E-state index is 12.9. The van der Waals surface area contributed by atoms with Crippen LogP contribution in [0.25, 0.3) is 10.2 Å². The third kappa shape index (κ3) is 2.70. The number of thiophene rings is 1. The van der Waals surface area contributed by atoms with Gasteiger partial charge in [0.2, 0.25) is 0 Å². The highest BCUT2D eigenvalue weighted by Gasteiger charge is 2.32. The minimum Gasteiger partial charge on any atom is -0.481 e. The molecule has 0 aliphatic heterocycles. The Bertz CT molecular complexity index is 893. The Morgan fingerprint density at radius 3 is 3.04 bits per heavy atom. The fourth-order valence-corrected chi connectivity index (χ4v) is 4.51. The van der Waals surface area contributed by atoms with Crippen LogP contribution in [0.15, 0.2) is 4.79 Å². The number of methoxy groups -OCH3 is 1. The van der Waals surface area contributed by atoms with Crippen molar-refractivity contribution in [1.82, 2.24) is 9.55 Å². The average molecular weight is 347 g/mol. The predicted octanol–water partition coefficient (Wildman–Crippen LogP) is 1.67. The molecule has 0 fully saturated rings. The number of carbonyl (C=O) groups is 1. The van der Waals surface area contributed by atoms with E-state index >= 15 is 0 Å². The van der Waals surface area contributed by atoms with Gasteiger partial charge >= 0.3 is 5.97 Å². The molecular weight excluding hydrogens is 330 g/mol. The summed E-state index contributed by atoms with van der Waals surface area (Å²) in [6, 6.07) is 1.98. The minimum absolute atomic E-state index is 0.108. The highest BCUT2D eigenvalue weighted by atomic mass is 32.1. The molecule has 7 nitrogen and oxygen atoms in total. The topological polar surface area (TPSA) is 105 Å². The molecule has 0 saturated heterocycles. The summed E-state index contributed by atoms with van der Waals surface area (Å²) in [5.74, 6) is -1.08. The lowest BCUT2D eigenvalue weighted by Gasteiger charge is -2.19. The normalized spacial score (nSPS) is 16.8. The summed E-state index contributed by atoms with van der Waals surface area (Å²) in [4.78, 5) is 30.6. The maximum atomic E-state index is 12.9. The lowest BCUT2D eigenvalue weighted by molar-refractivity contribution is -0.139. The number of aliphatic carboxylic acids is 1. The molecule has 2 heterocycles. The molecular formula is C16H17N3O4S. The van der Waals surface area contributed by atoms with Crippen LogP contribution in [0.5, 0.6) is 0 Å². The van der Waals surface area contributed by atoms with Gasteiger partial charge in [0.1, 0.15) is 17.2 Å². The van der Waals surface area contributed by atoms with Crippen molar-refractivity contribution < 1.29 is 14.6 Å². The van der Waals surface area contributed by atoms with Gasteiger partial charge in [0.05, 0.1) is 24.0 Å². The smallest absolute Gasteiger partial charge is 0.311 e. The number of nitriles is 1. The first-order valence-electron chi connectivity index (χ1n) is 7.72. The Morgan fingerprint density at radius 2 is 2.38 bits per heavy atom. The Balaban J connectivity index is 2.27. The number of nitrogens with zero attached hydrogens (tertiary/aromatic N) is 3. The van der Waals surface area contributed by atoms with E-state index in [0.29, 0.717) is 41.1 Å². The zero-order valence-corrected chi connectivity index (χ0v) is 14.1. The van der Waals surface area contributed by atoms with Crippen molar-refractivity contribution in [2.24, 2.45) is 0 Å². The number of carboxylic acids is 1. The van der Waals surface area contributed by atoms with Crippen molar-refractivity contribution in [3.05, 3.63) is 26.6 Å². The van der Waals surface area contributed by atoms with Crippen molar-refractivity contribution in [2.45, 2.75) is 38.1 Å². The molecule has 0 bridgehead atoms. The van der Waals surface area contributed by atoms with Gasteiger partial charge in [0.25, 0.3) is 5.56 Å². The number of carboxylic acid groups (broad SMARTS) is 1. The van der Waals surface area contributed by atoms with E-state index in [1.165, 1.54) is 15.9 Å². The lowest BCUT2D eigenvalue weighted by atomic mass is 9.86. The largest absolute Gasteiger partial charge is 0.481 e. The van der Waals surface area contributed by atoms with Crippen molar-refractivity contribution in [2.75, 3.05) is 13.7 Å². The fourth-order valence-electron chi connectivity index (χ4n) is 3.22. The van der Waals surface area contributed by atoms with E-state index in [4.69, 9.17) is 10.00 Å². The third-order valence-electron chi connectivity index (χ3n) is 4.31. The van der Waals surface area contributed by atoms with Crippen LogP contribution in [-0.4, -0.2) is 34.3 Å². The van der Waals surface area contributed by atoms with Crippen LogP contribution in [0.1, 0.15) is 35.0 Å². The third-order valence-corrected chi connectivity index (χ3v) is 5.47. The van der Waals surface area contributed by atoms with Gasteiger partial charge in [0.15, 0.2) is 0 Å². The number of aryl methyl sites for hydroxylation is 1. The summed E-state index contributed by atoms with van der Waals surface area (Å²) in [5.41, 5.74) is 0.287. The van der Waals surface area contributed by atoms with E-state index in [2.05, 4.69) is 4.98 Å². The Kier molecular flexibility index (Phi) is 4.64. The quantitative estimate of drug-likeness (QED) is 0.882. The van der Waals surface area contributed by atoms with Crippen LogP contribution in [0.3, 0.4) is 0 Å². The number of fused-ring (bicyclic) bond motifs is 3. The number of rotatable bonds is 5. The molecule has 2 aromatic heterocycles. The van der Waals surface area contributed by atoms with Crippen LogP contribution in [-0.2, 0) is 28.9 Å². The van der Waals surface area contributed by atoms with Crippen LogP contribution in [0, 0.1) is 11.3 Å². The first-order chi connectivity index (χ1) is 11.6. The Labute approximate surface area is 142 Å². The first kappa shape index (κ1) is 16.6. The molecule has 1 aliphatic carbocycles. The predicted molar refractivity (Wildman–Crippen MR) is 88.4 cm³/mol. The number of aromatic nitrogens is 2. The number of ether oxygens (including phenoxy) is 1. The molecule has 1 aliphatic rings. The van der Waals surface area contributed by atoms with E-state index in [0.717, 1.165) is 17.7 Å². The van der Waals surface area contributed by atoms with Crippen molar-refractivity contribution >= 4 is 27.5 Å². The van der Waals surface area contributed by atoms with Gasteiger partial charge in [0, 0.05) is 18.4 Å². The molecule has 1 unspecified atom stereocenters. The van der Waals surface area contributed by atoms with Crippen LogP contribution in [0.4, 0.5) is 0 Å². The zero-order valence-electron chi connectivity index (χ0n) is 13.2. The average Bonchev–Trinajstić information content (AvgIpc) is 2.94. The van der Waals surface area contributed by atoms with Crippen LogP contribution in [0.2, 0.25) is 0 Å². The van der Waals surface area contributed by atoms with E-state index < -0.39 is 11.9 Å². The van der Waals surface area contributed by atoms with Crippen molar-refractivity contribution in [3.63, 3.8) is 0 Å². The van der Waals surface area contributed by atoms with E-state index in [-0.39, 0.29) is 12.1 Å². The summed E-state index contributed by atoms with van der Waals surface area (Å²) in [7, 11) is 1.56. The van der Waals surface area contributed by atoms with Gasteiger partial charge in [-0.1, -0.05) is 0 Å². The van der Waals surface area contributed by atoms with Gasteiger partial charge in [-0.05, 0) is 24.8 Å². The van der Waals surface area contributed by atoms with Gasteiger partial charge in [-0.2, -0.15) is 5.26 Å². The Hall–Kier alpha value is -2.24. The molecule has 0 amide bonds. The molecule has 1 atom stereocenters. The second kappa shape index (κ2) is 6.71. The standard InChI is InChI=1S/C16H17N3O4S/c1-23-8-5-11-18-14-13(15(20)19(11)7-6-17)12-9(16(21)22)3-2-4-10(12)24-14/h9H,2-5,7-8H2,1H3,(H,21,22). The highest BCUT2D eigenvalue weighted by Crippen LogP contribution is 2.40. The summed E-state index contributed by atoms with van der Waals surface area (Å²) >= 11 is 1.40. The molecule has 1 N–H and O–H groups in total. The van der Waals surface area contributed by atoms with Gasteiger partial charge in [-0.3, -0.25) is 14.2 Å². The lowest BCUT2D eigenvalue weighted by Crippen LogP contribution is -2.27. The summed E-state index contributed by atoms with van der Waals surface area (Å²) < 4.78 is 6.38. The summed E-state index contributed by atoms with van der Waals surface area (Å²) in [6.07, 6.45) is 2.51. The molecule has 8 heteroatoms. The molecule has 3 rings (SSSR count). The monoisotopic (exact) mass is 347 g/mol. The molecule has 0 radical (unpaired) electrons. The zero-order chi connectivity index (χ0) is 17.3. The highest BCUT2D eigenvalue weighted by molar-refractivity contribution is 7.18. The second-order valence-electron chi connectivity index (χ2n) is 5.72. The molecule has 0 saturated carbocycles. The van der Waals surface area contributed by atoms with E-state index in [9.17, 15) is 14.7 Å². The molecule has 24 heavy (non-hydrogen) atoms. The first-order valence-corrected chi connectivity index (χ1v) is 8.53. The Morgan fingerprint density at radius 1 is 1.58 bits per heavy atom. The van der Waals surface area contributed by atoms with Crippen molar-refractivity contribution in [3.8, 4) is 6.07 Å². The summed E-state index contributed by atoms with van der Waals surface area (Å²) in [5, 5.41) is 18.9. The number of hydrogen-bond donors (Lipinski definition) is 1. The molecule has 0 spiro atoms. The van der Waals surface area contributed by atoms with Gasteiger partial charge < -0.3 is 9.84 Å². The molecule has 2 aromatic rings. The SMILES string of the molecule is COCCc1nc2sc3c(c2c(=O)n1CC#N)C(C(=O)O)CCC3. The van der Waals surface area contributed by atoms with Crippen LogP contribution >= 0.6 is 11.3 Å². The summed E-state index contributed by atoms with van der Waals surface area (Å²) in [6.45, 7) is 0.287. The number of hydrogen-bond acceptors (Lipinski definition) is 6. The maximum Gasteiger partial charge on any atom is 0.311 e. The second-order valence-corrected chi connectivity index (χ2v) is 6.81. The molecule has 126 valence electrons.